The Hall–Kier alpha value is -0.590. The van der Waals surface area contributed by atoms with Gasteiger partial charge in [0.1, 0.15) is 5.60 Å². The van der Waals surface area contributed by atoms with E-state index in [1.807, 2.05) is 31.5 Å². The molecule has 1 aromatic heterocycles. The van der Waals surface area contributed by atoms with Crippen molar-refractivity contribution in [3.8, 4) is 0 Å². The number of rotatable bonds is 4. The number of aliphatic hydroxyl groups excluding tert-OH is 1. The molecular formula is C13H20BrNO3S. The number of carbonyl (C=O) groups is 1. The van der Waals surface area contributed by atoms with Crippen LogP contribution in [-0.2, 0) is 11.2 Å². The molecule has 0 fully saturated rings. The molecule has 0 bridgehead atoms. The van der Waals surface area contributed by atoms with Crippen molar-refractivity contribution in [1.82, 2.24) is 4.90 Å². The molecule has 19 heavy (non-hydrogen) atoms. The molecule has 1 heterocycles. The molecule has 0 radical (unpaired) electrons. The predicted octanol–water partition coefficient (Wildman–Crippen LogP) is 3.28. The lowest BCUT2D eigenvalue weighted by Gasteiger charge is -2.29. The van der Waals surface area contributed by atoms with E-state index in [2.05, 4.69) is 15.9 Å². The van der Waals surface area contributed by atoms with Gasteiger partial charge in [-0.15, -0.1) is 0 Å². The number of carbonyl (C=O) groups excluding carboxylic acids is 1. The van der Waals surface area contributed by atoms with Gasteiger partial charge >= 0.3 is 6.09 Å². The van der Waals surface area contributed by atoms with E-state index in [0.29, 0.717) is 6.42 Å². The molecule has 4 nitrogen and oxygen atoms in total. The van der Waals surface area contributed by atoms with Crippen LogP contribution in [0.4, 0.5) is 4.79 Å². The average Bonchev–Trinajstić information content (AvgIpc) is 2.68. The van der Waals surface area contributed by atoms with Crippen LogP contribution in [0.3, 0.4) is 0 Å². The quantitative estimate of drug-likeness (QED) is 0.907. The molecule has 0 saturated heterocycles. The zero-order valence-electron chi connectivity index (χ0n) is 11.6. The number of ether oxygens (including phenoxy) is 1. The van der Waals surface area contributed by atoms with Gasteiger partial charge < -0.3 is 14.7 Å². The second-order valence-corrected chi connectivity index (χ2v) is 6.97. The molecule has 1 rings (SSSR count). The summed E-state index contributed by atoms with van der Waals surface area (Å²) in [4.78, 5) is 13.4. The van der Waals surface area contributed by atoms with E-state index in [1.165, 1.54) is 4.90 Å². The van der Waals surface area contributed by atoms with E-state index < -0.39 is 11.7 Å². The van der Waals surface area contributed by atoms with Crippen LogP contribution in [0.15, 0.2) is 15.2 Å². The van der Waals surface area contributed by atoms with Crippen molar-refractivity contribution in [2.24, 2.45) is 0 Å². The van der Waals surface area contributed by atoms with Crippen molar-refractivity contribution < 1.29 is 14.6 Å². The van der Waals surface area contributed by atoms with E-state index in [1.54, 1.807) is 18.4 Å². The van der Waals surface area contributed by atoms with E-state index in [0.717, 1.165) is 10.0 Å². The number of amides is 1. The first-order valence-electron chi connectivity index (χ1n) is 6.02. The van der Waals surface area contributed by atoms with Crippen LogP contribution in [0.2, 0.25) is 0 Å². The SMILES string of the molecule is CN(C(=O)OC(C)(C)C)C(CO)Cc1cscc1Br. The van der Waals surface area contributed by atoms with Crippen LogP contribution < -0.4 is 0 Å². The predicted molar refractivity (Wildman–Crippen MR) is 80.6 cm³/mol. The molecule has 0 aromatic carbocycles. The normalized spacial score (nSPS) is 13.2. The van der Waals surface area contributed by atoms with Crippen LogP contribution >= 0.6 is 27.3 Å². The molecule has 108 valence electrons. The number of hydrogen-bond donors (Lipinski definition) is 1. The minimum Gasteiger partial charge on any atom is -0.444 e. The second-order valence-electron chi connectivity index (χ2n) is 5.38. The molecule has 0 aliphatic heterocycles. The number of thiophene rings is 1. The van der Waals surface area contributed by atoms with Gasteiger partial charge in [-0.2, -0.15) is 11.3 Å². The van der Waals surface area contributed by atoms with Gasteiger partial charge in [0.15, 0.2) is 0 Å². The molecule has 1 amide bonds. The number of halogens is 1. The van der Waals surface area contributed by atoms with E-state index in [-0.39, 0.29) is 12.6 Å². The molecule has 1 N–H and O–H groups in total. The van der Waals surface area contributed by atoms with Gasteiger partial charge in [0.2, 0.25) is 0 Å². The van der Waals surface area contributed by atoms with E-state index in [9.17, 15) is 9.90 Å². The summed E-state index contributed by atoms with van der Waals surface area (Å²) < 4.78 is 6.31. The maximum Gasteiger partial charge on any atom is 0.410 e. The molecule has 1 atom stereocenters. The zero-order chi connectivity index (χ0) is 14.6. The van der Waals surface area contributed by atoms with Gasteiger partial charge in [0.25, 0.3) is 0 Å². The van der Waals surface area contributed by atoms with Crippen molar-refractivity contribution in [3.63, 3.8) is 0 Å². The van der Waals surface area contributed by atoms with Gasteiger partial charge in [0, 0.05) is 16.9 Å². The van der Waals surface area contributed by atoms with Crippen LogP contribution in [-0.4, -0.2) is 41.4 Å². The maximum absolute atomic E-state index is 12.0. The molecule has 0 saturated carbocycles. The summed E-state index contributed by atoms with van der Waals surface area (Å²) in [6, 6.07) is -0.291. The minimum absolute atomic E-state index is 0.0992. The van der Waals surface area contributed by atoms with Gasteiger partial charge in [-0.25, -0.2) is 4.79 Å². The first kappa shape index (κ1) is 16.5. The first-order valence-corrected chi connectivity index (χ1v) is 7.75. The lowest BCUT2D eigenvalue weighted by Crippen LogP contribution is -2.43. The Morgan fingerprint density at radius 1 is 1.53 bits per heavy atom. The van der Waals surface area contributed by atoms with Crippen molar-refractivity contribution >= 4 is 33.4 Å². The fourth-order valence-electron chi connectivity index (χ4n) is 1.51. The molecule has 1 unspecified atom stereocenters. The standard InChI is InChI=1S/C13H20BrNO3S/c1-13(2,3)18-12(17)15(4)10(6-16)5-9-7-19-8-11(9)14/h7-8,10,16H,5-6H2,1-4H3. The van der Waals surface area contributed by atoms with Gasteiger partial charge in [-0.05, 0) is 54.1 Å². The topological polar surface area (TPSA) is 49.8 Å². The summed E-state index contributed by atoms with van der Waals surface area (Å²) in [5, 5.41) is 13.5. The lowest BCUT2D eigenvalue weighted by atomic mass is 10.1. The third kappa shape index (κ3) is 5.12. The third-order valence-corrected chi connectivity index (χ3v) is 4.42. The van der Waals surface area contributed by atoms with Crippen molar-refractivity contribution in [2.45, 2.75) is 38.8 Å². The Morgan fingerprint density at radius 2 is 2.16 bits per heavy atom. The lowest BCUT2D eigenvalue weighted by molar-refractivity contribution is 0.0163. The monoisotopic (exact) mass is 349 g/mol. The van der Waals surface area contributed by atoms with Crippen molar-refractivity contribution in [2.75, 3.05) is 13.7 Å². The van der Waals surface area contributed by atoms with Crippen molar-refractivity contribution in [3.05, 3.63) is 20.8 Å². The van der Waals surface area contributed by atoms with Gasteiger partial charge in [-0.1, -0.05) is 0 Å². The Labute approximate surface area is 126 Å². The summed E-state index contributed by atoms with van der Waals surface area (Å²) in [7, 11) is 1.65. The molecule has 0 aliphatic rings. The summed E-state index contributed by atoms with van der Waals surface area (Å²) in [5.74, 6) is 0. The molecular weight excluding hydrogens is 330 g/mol. The van der Waals surface area contributed by atoms with E-state index >= 15 is 0 Å². The highest BCUT2D eigenvalue weighted by Crippen LogP contribution is 2.24. The number of likely N-dealkylation sites (N-methyl/N-ethyl adjacent to an activating group) is 1. The number of nitrogens with zero attached hydrogens (tertiary/aromatic N) is 1. The smallest absolute Gasteiger partial charge is 0.410 e. The molecule has 0 aliphatic carbocycles. The Balaban J connectivity index is 2.69. The minimum atomic E-state index is -0.533. The number of aliphatic hydroxyl groups is 1. The van der Waals surface area contributed by atoms with Crippen LogP contribution in [0.1, 0.15) is 26.3 Å². The highest BCUT2D eigenvalue weighted by molar-refractivity contribution is 9.10. The van der Waals surface area contributed by atoms with Crippen LogP contribution in [0.5, 0.6) is 0 Å². The van der Waals surface area contributed by atoms with Crippen LogP contribution in [0, 0.1) is 0 Å². The maximum atomic E-state index is 12.0. The molecule has 0 spiro atoms. The zero-order valence-corrected chi connectivity index (χ0v) is 14.0. The molecule has 1 aromatic rings. The third-order valence-electron chi connectivity index (χ3n) is 2.58. The Kier molecular flexibility index (Phi) is 5.82. The highest BCUT2D eigenvalue weighted by atomic mass is 79.9. The molecule has 6 heteroatoms. The summed E-state index contributed by atoms with van der Waals surface area (Å²) in [6.07, 6.45) is 0.175. The summed E-state index contributed by atoms with van der Waals surface area (Å²) in [5.41, 5.74) is 0.549. The summed E-state index contributed by atoms with van der Waals surface area (Å²) >= 11 is 5.04. The second kappa shape index (κ2) is 6.72. The first-order chi connectivity index (χ1) is 8.74. The van der Waals surface area contributed by atoms with Crippen LogP contribution in [0.25, 0.3) is 0 Å². The Morgan fingerprint density at radius 3 is 2.58 bits per heavy atom. The Bertz CT molecular complexity index is 428. The van der Waals surface area contributed by atoms with E-state index in [4.69, 9.17) is 4.74 Å². The average molecular weight is 350 g/mol. The van der Waals surface area contributed by atoms with Gasteiger partial charge in [0.05, 0.1) is 12.6 Å². The fraction of sp³-hybridized carbons (Fsp3) is 0.615. The van der Waals surface area contributed by atoms with Crippen molar-refractivity contribution in [1.29, 1.82) is 0 Å². The summed E-state index contributed by atoms with van der Waals surface area (Å²) in [6.45, 7) is 5.37. The highest BCUT2D eigenvalue weighted by Gasteiger charge is 2.25. The number of hydrogen-bond acceptors (Lipinski definition) is 4. The fourth-order valence-corrected chi connectivity index (χ4v) is 2.99. The van der Waals surface area contributed by atoms with Gasteiger partial charge in [-0.3, -0.25) is 0 Å². The largest absolute Gasteiger partial charge is 0.444 e.